The van der Waals surface area contributed by atoms with Gasteiger partial charge < -0.3 is 9.47 Å². The minimum absolute atomic E-state index is 0.00741. The van der Waals surface area contributed by atoms with E-state index in [1.54, 1.807) is 18.2 Å². The highest BCUT2D eigenvalue weighted by Crippen LogP contribution is 2.42. The van der Waals surface area contributed by atoms with Gasteiger partial charge in [0.25, 0.3) is 5.91 Å². The van der Waals surface area contributed by atoms with E-state index in [1.807, 2.05) is 0 Å². The number of halogens is 5. The molecule has 0 atom stereocenters. The molecule has 4 rings (SSSR count). The number of hydrogen-bond donors (Lipinski definition) is 0. The van der Waals surface area contributed by atoms with Crippen LogP contribution in [0.3, 0.4) is 0 Å². The number of hydrogen-bond acceptors (Lipinski definition) is 7. The van der Waals surface area contributed by atoms with E-state index in [2.05, 4.69) is 0 Å². The van der Waals surface area contributed by atoms with Gasteiger partial charge in [0.15, 0.2) is 15.8 Å². The largest absolute Gasteiger partial charge is 0.493 e. The second-order valence-electron chi connectivity index (χ2n) is 7.56. The zero-order chi connectivity index (χ0) is 27.8. The minimum Gasteiger partial charge on any atom is -0.493 e. The summed E-state index contributed by atoms with van der Waals surface area (Å²) in [6.07, 6.45) is -3.21. The van der Waals surface area contributed by atoms with Gasteiger partial charge in [0.1, 0.15) is 0 Å². The van der Waals surface area contributed by atoms with Crippen molar-refractivity contribution in [2.24, 2.45) is 0 Å². The Bertz CT molecular complexity index is 1510. The lowest BCUT2D eigenvalue weighted by molar-refractivity contribution is -0.385. The summed E-state index contributed by atoms with van der Waals surface area (Å²) in [6, 6.07) is 11.0. The first-order valence-electron chi connectivity index (χ1n) is 10.3. The van der Waals surface area contributed by atoms with Gasteiger partial charge in [-0.05, 0) is 54.1 Å². The van der Waals surface area contributed by atoms with Crippen molar-refractivity contribution in [2.45, 2.75) is 6.18 Å². The summed E-state index contributed by atoms with van der Waals surface area (Å²) in [4.78, 5) is 25.0. The van der Waals surface area contributed by atoms with Crippen LogP contribution < -0.4 is 14.4 Å². The Balaban J connectivity index is 1.63. The van der Waals surface area contributed by atoms with Crippen LogP contribution in [0.1, 0.15) is 11.1 Å². The van der Waals surface area contributed by atoms with Crippen molar-refractivity contribution in [2.75, 3.05) is 12.0 Å². The lowest BCUT2D eigenvalue weighted by Gasteiger charge is -2.16. The van der Waals surface area contributed by atoms with E-state index >= 15 is 0 Å². The highest BCUT2D eigenvalue weighted by molar-refractivity contribution is 8.27. The Hall–Kier alpha value is -3.32. The molecule has 38 heavy (non-hydrogen) atoms. The number of carbonyl (C=O) groups is 1. The molecule has 14 heteroatoms. The maximum absolute atomic E-state index is 13.1. The van der Waals surface area contributed by atoms with Gasteiger partial charge >= 0.3 is 11.9 Å². The summed E-state index contributed by atoms with van der Waals surface area (Å²) >= 11 is 18.6. The van der Waals surface area contributed by atoms with Gasteiger partial charge in [0.2, 0.25) is 5.75 Å². The molecule has 1 fully saturated rings. The number of nitrogens with zero attached hydrogens (tertiary/aromatic N) is 2. The number of nitro groups is 1. The third kappa shape index (κ3) is 5.73. The normalized spacial score (nSPS) is 14.8. The Morgan fingerprint density at radius 1 is 1.05 bits per heavy atom. The third-order valence-electron chi connectivity index (χ3n) is 5.13. The summed E-state index contributed by atoms with van der Waals surface area (Å²) in [5.41, 5.74) is -1.17. The summed E-state index contributed by atoms with van der Waals surface area (Å²) < 4.78 is 50.1. The number of rotatable bonds is 6. The Morgan fingerprint density at radius 2 is 1.76 bits per heavy atom. The number of thiocarbonyl (C=S) groups is 1. The van der Waals surface area contributed by atoms with E-state index in [4.69, 9.17) is 44.9 Å². The molecule has 0 bridgehead atoms. The fourth-order valence-corrected chi connectivity index (χ4v) is 5.17. The molecule has 0 radical (unpaired) electrons. The molecule has 1 heterocycles. The van der Waals surface area contributed by atoms with Crippen molar-refractivity contribution in [3.05, 3.63) is 90.8 Å². The monoisotopic (exact) mass is 600 g/mol. The van der Waals surface area contributed by atoms with Crippen molar-refractivity contribution < 1.29 is 32.4 Å². The Morgan fingerprint density at radius 3 is 2.39 bits per heavy atom. The van der Waals surface area contributed by atoms with E-state index in [-0.39, 0.29) is 25.7 Å². The van der Waals surface area contributed by atoms with Gasteiger partial charge in [-0.2, -0.15) is 13.2 Å². The predicted molar refractivity (Wildman–Crippen MR) is 143 cm³/mol. The number of methoxy groups -OCH3 is 1. The Kier molecular flexibility index (Phi) is 7.88. The second-order valence-corrected chi connectivity index (χ2v) is 10.1. The number of alkyl halides is 3. The van der Waals surface area contributed by atoms with Gasteiger partial charge in [-0.3, -0.25) is 19.8 Å². The SMILES string of the molecule is COc1cc(/C=C2\SC(=S)N(c3ccc(Cl)cc3Cl)C2=O)ccc1Oc1ccc(C(F)(F)F)cc1[N+](=O)[O-]. The van der Waals surface area contributed by atoms with E-state index in [0.717, 1.165) is 17.8 Å². The zero-order valence-electron chi connectivity index (χ0n) is 18.9. The van der Waals surface area contributed by atoms with Crippen LogP contribution in [-0.4, -0.2) is 22.3 Å². The van der Waals surface area contributed by atoms with Crippen LogP contribution in [0, 0.1) is 10.1 Å². The molecule has 1 aliphatic heterocycles. The average molecular weight is 601 g/mol. The molecule has 1 aliphatic rings. The molecule has 0 saturated carbocycles. The number of anilines is 1. The van der Waals surface area contributed by atoms with Crippen LogP contribution >= 0.6 is 47.2 Å². The molecule has 0 unspecified atom stereocenters. The minimum atomic E-state index is -4.76. The summed E-state index contributed by atoms with van der Waals surface area (Å²) in [6.45, 7) is 0. The number of carbonyl (C=O) groups excluding carboxylic acids is 1. The van der Waals surface area contributed by atoms with Gasteiger partial charge in [-0.1, -0.05) is 53.2 Å². The smallest absolute Gasteiger partial charge is 0.416 e. The van der Waals surface area contributed by atoms with Crippen LogP contribution in [-0.2, 0) is 11.0 Å². The lowest BCUT2D eigenvalue weighted by Crippen LogP contribution is -2.27. The van der Waals surface area contributed by atoms with Gasteiger partial charge in [-0.25, -0.2) is 0 Å². The lowest BCUT2D eigenvalue weighted by atomic mass is 10.1. The first kappa shape index (κ1) is 27.7. The van der Waals surface area contributed by atoms with Crippen LogP contribution in [0.2, 0.25) is 10.0 Å². The van der Waals surface area contributed by atoms with Crippen LogP contribution in [0.4, 0.5) is 24.5 Å². The predicted octanol–water partition coefficient (Wildman–Crippen LogP) is 8.13. The van der Waals surface area contributed by atoms with Crippen molar-refractivity contribution in [3.63, 3.8) is 0 Å². The standard InChI is InChI=1S/C24H13Cl2F3N2O5S2/c1-35-20-8-12(9-21-22(32)30(23(37)38-21)16-5-4-14(25)11-15(16)26)2-6-19(20)36-18-7-3-13(24(27,28)29)10-17(18)31(33)34/h2-11H,1H3/b21-9-. The molecular formula is C24H13Cl2F3N2O5S2. The van der Waals surface area contributed by atoms with Crippen molar-refractivity contribution >= 4 is 74.9 Å². The fourth-order valence-electron chi connectivity index (χ4n) is 3.39. The van der Waals surface area contributed by atoms with Crippen molar-refractivity contribution in [1.29, 1.82) is 0 Å². The maximum Gasteiger partial charge on any atom is 0.416 e. The first-order chi connectivity index (χ1) is 17.9. The van der Waals surface area contributed by atoms with Crippen LogP contribution in [0.5, 0.6) is 17.2 Å². The highest BCUT2D eigenvalue weighted by atomic mass is 35.5. The molecule has 3 aromatic rings. The van der Waals surface area contributed by atoms with Gasteiger partial charge in [0.05, 0.1) is 33.2 Å². The highest BCUT2D eigenvalue weighted by Gasteiger charge is 2.35. The Labute approximate surface area is 232 Å². The van der Waals surface area contributed by atoms with Gasteiger partial charge in [0, 0.05) is 11.1 Å². The molecule has 7 nitrogen and oxygen atoms in total. The summed E-state index contributed by atoms with van der Waals surface area (Å²) in [7, 11) is 1.31. The van der Waals surface area contributed by atoms with E-state index in [0.29, 0.717) is 28.4 Å². The topological polar surface area (TPSA) is 81.9 Å². The molecule has 1 amide bonds. The number of amides is 1. The number of benzene rings is 3. The van der Waals surface area contributed by atoms with E-state index in [1.165, 1.54) is 36.3 Å². The number of thioether (sulfide) groups is 1. The number of nitro benzene ring substituents is 1. The zero-order valence-corrected chi connectivity index (χ0v) is 22.1. The summed E-state index contributed by atoms with van der Waals surface area (Å²) in [5.74, 6) is -0.698. The molecule has 0 N–H and O–H groups in total. The van der Waals surface area contributed by atoms with E-state index < -0.39 is 34.0 Å². The van der Waals surface area contributed by atoms with Crippen molar-refractivity contribution in [3.8, 4) is 17.2 Å². The fraction of sp³-hybridized carbons (Fsp3) is 0.0833. The quantitative estimate of drug-likeness (QED) is 0.122. The molecule has 3 aromatic carbocycles. The molecule has 196 valence electrons. The number of ether oxygens (including phenoxy) is 2. The summed E-state index contributed by atoms with van der Waals surface area (Å²) in [5, 5.41) is 12.0. The molecule has 0 spiro atoms. The van der Waals surface area contributed by atoms with Crippen molar-refractivity contribution in [1.82, 2.24) is 0 Å². The third-order valence-corrected chi connectivity index (χ3v) is 6.97. The second kappa shape index (κ2) is 10.8. The molecule has 0 aliphatic carbocycles. The van der Waals surface area contributed by atoms with E-state index in [9.17, 15) is 28.1 Å². The average Bonchev–Trinajstić information content (AvgIpc) is 3.12. The van der Waals surface area contributed by atoms with Gasteiger partial charge in [-0.15, -0.1) is 0 Å². The van der Waals surface area contributed by atoms with Crippen LogP contribution in [0.25, 0.3) is 6.08 Å². The molecular weight excluding hydrogens is 588 g/mol. The first-order valence-corrected chi connectivity index (χ1v) is 12.3. The van der Waals surface area contributed by atoms with Crippen LogP contribution in [0.15, 0.2) is 59.5 Å². The maximum atomic E-state index is 13.1. The molecule has 1 saturated heterocycles. The molecule has 0 aromatic heterocycles.